The molecule has 1 nitrogen and oxygen atoms in total. The number of halogens is 3. The van der Waals surface area contributed by atoms with Crippen LogP contribution in [0.3, 0.4) is 0 Å². The Morgan fingerprint density at radius 3 is 2.62 bits per heavy atom. The average molecular weight is 317 g/mol. The molecule has 1 saturated carbocycles. The predicted octanol–water partition coefficient (Wildman–Crippen LogP) is 5.03. The smallest absolute Gasteiger partial charge is 0.310 e. The summed E-state index contributed by atoms with van der Waals surface area (Å²) in [5.74, 6) is 0.833. The molecule has 21 heavy (non-hydrogen) atoms. The van der Waals surface area contributed by atoms with Gasteiger partial charge in [0.1, 0.15) is 0 Å². The van der Waals surface area contributed by atoms with Gasteiger partial charge in [-0.2, -0.15) is 24.9 Å². The van der Waals surface area contributed by atoms with Crippen molar-refractivity contribution in [2.45, 2.75) is 50.1 Å². The maximum absolute atomic E-state index is 12.8. The van der Waals surface area contributed by atoms with E-state index in [1.165, 1.54) is 37.8 Å². The van der Waals surface area contributed by atoms with Crippen LogP contribution in [-0.4, -0.2) is 17.5 Å². The van der Waals surface area contributed by atoms with E-state index >= 15 is 0 Å². The van der Waals surface area contributed by atoms with Crippen molar-refractivity contribution in [3.63, 3.8) is 0 Å². The average Bonchev–Trinajstić information content (AvgIpc) is 2.96. The molecule has 5 heteroatoms. The molecule has 1 aromatic carbocycles. The highest BCUT2D eigenvalue weighted by Gasteiger charge is 2.31. The van der Waals surface area contributed by atoms with Gasteiger partial charge in [0.25, 0.3) is 0 Å². The Kier molecular flexibility index (Phi) is 5.99. The van der Waals surface area contributed by atoms with Crippen molar-refractivity contribution in [1.82, 2.24) is 5.32 Å². The summed E-state index contributed by atoms with van der Waals surface area (Å²) in [6.45, 7) is 2.74. The van der Waals surface area contributed by atoms with Gasteiger partial charge in [0.05, 0.1) is 5.56 Å². The first kappa shape index (κ1) is 16.7. The van der Waals surface area contributed by atoms with Crippen molar-refractivity contribution in [2.75, 3.05) is 12.3 Å². The Bertz CT molecular complexity index is 441. The lowest BCUT2D eigenvalue weighted by atomic mass is 10.0. The molecule has 0 radical (unpaired) electrons. The third-order valence-electron chi connectivity index (χ3n) is 3.87. The van der Waals surface area contributed by atoms with Crippen molar-refractivity contribution in [2.24, 2.45) is 0 Å². The van der Waals surface area contributed by atoms with E-state index in [-0.39, 0.29) is 6.04 Å². The van der Waals surface area contributed by atoms with Crippen LogP contribution in [0.4, 0.5) is 13.2 Å². The summed E-state index contributed by atoms with van der Waals surface area (Å²) in [5, 5.41) is 3.99. The standard InChI is InChI=1S/C16H22F3NS/c1-2-20-15(11-21-14-8-3-4-9-14)12-6-5-7-13(10-12)16(17,18)19/h5-7,10,14-15,20H,2-4,8-9,11H2,1H3. The van der Waals surface area contributed by atoms with Gasteiger partial charge in [-0.3, -0.25) is 0 Å². The second-order valence-corrected chi connectivity index (χ2v) is 6.81. The lowest BCUT2D eigenvalue weighted by molar-refractivity contribution is -0.137. The van der Waals surface area contributed by atoms with Gasteiger partial charge in [0, 0.05) is 17.0 Å². The van der Waals surface area contributed by atoms with Gasteiger partial charge in [-0.15, -0.1) is 0 Å². The molecule has 0 bridgehead atoms. The number of hydrogen-bond donors (Lipinski definition) is 1. The Labute approximate surface area is 128 Å². The zero-order chi connectivity index (χ0) is 15.3. The van der Waals surface area contributed by atoms with Crippen LogP contribution < -0.4 is 5.32 Å². The molecule has 2 rings (SSSR count). The lowest BCUT2D eigenvalue weighted by Gasteiger charge is -2.21. The molecule has 1 atom stereocenters. The van der Waals surface area contributed by atoms with E-state index in [0.29, 0.717) is 5.25 Å². The summed E-state index contributed by atoms with van der Waals surface area (Å²) < 4.78 is 38.5. The van der Waals surface area contributed by atoms with E-state index in [0.717, 1.165) is 23.9 Å². The van der Waals surface area contributed by atoms with Gasteiger partial charge in [-0.05, 0) is 37.1 Å². The third kappa shape index (κ3) is 4.92. The Hall–Kier alpha value is -0.680. The number of rotatable bonds is 6. The first-order valence-electron chi connectivity index (χ1n) is 7.53. The van der Waals surface area contributed by atoms with Crippen molar-refractivity contribution in [3.05, 3.63) is 35.4 Å². The molecule has 0 aromatic heterocycles. The van der Waals surface area contributed by atoms with Crippen LogP contribution in [0.2, 0.25) is 0 Å². The maximum atomic E-state index is 12.8. The molecule has 0 amide bonds. The number of hydrogen-bond acceptors (Lipinski definition) is 2. The summed E-state index contributed by atoms with van der Waals surface area (Å²) in [6.07, 6.45) is 0.782. The van der Waals surface area contributed by atoms with Crippen LogP contribution >= 0.6 is 11.8 Å². The third-order valence-corrected chi connectivity index (χ3v) is 5.34. The SMILES string of the molecule is CCNC(CSC1CCCC1)c1cccc(C(F)(F)F)c1. The highest BCUT2D eigenvalue weighted by atomic mass is 32.2. The highest BCUT2D eigenvalue weighted by Crippen LogP contribution is 2.34. The van der Waals surface area contributed by atoms with Crippen molar-refractivity contribution >= 4 is 11.8 Å². The van der Waals surface area contributed by atoms with Crippen LogP contribution in [0.15, 0.2) is 24.3 Å². The molecule has 1 aliphatic carbocycles. The molecule has 0 spiro atoms. The van der Waals surface area contributed by atoms with Gasteiger partial charge in [0.2, 0.25) is 0 Å². The largest absolute Gasteiger partial charge is 0.416 e. The quantitative estimate of drug-likeness (QED) is 0.789. The lowest BCUT2D eigenvalue weighted by Crippen LogP contribution is -2.24. The Morgan fingerprint density at radius 2 is 2.00 bits per heavy atom. The molecule has 0 heterocycles. The minimum atomic E-state index is -4.27. The summed E-state index contributed by atoms with van der Waals surface area (Å²) in [5.41, 5.74) is 0.172. The molecular weight excluding hydrogens is 295 g/mol. The number of benzene rings is 1. The van der Waals surface area contributed by atoms with Gasteiger partial charge in [0.15, 0.2) is 0 Å². The molecule has 1 aliphatic rings. The summed E-state index contributed by atoms with van der Waals surface area (Å²) >= 11 is 1.90. The van der Waals surface area contributed by atoms with Crippen LogP contribution in [0, 0.1) is 0 Å². The molecule has 1 fully saturated rings. The summed E-state index contributed by atoms with van der Waals surface area (Å²) in [4.78, 5) is 0. The minimum Gasteiger partial charge on any atom is -0.310 e. The normalized spacial score (nSPS) is 18.1. The highest BCUT2D eigenvalue weighted by molar-refractivity contribution is 7.99. The van der Waals surface area contributed by atoms with E-state index in [1.807, 2.05) is 18.7 Å². The zero-order valence-corrected chi connectivity index (χ0v) is 13.1. The van der Waals surface area contributed by atoms with E-state index in [9.17, 15) is 13.2 Å². The van der Waals surface area contributed by atoms with E-state index in [4.69, 9.17) is 0 Å². The fourth-order valence-electron chi connectivity index (χ4n) is 2.74. The van der Waals surface area contributed by atoms with Crippen molar-refractivity contribution in [1.29, 1.82) is 0 Å². The first-order chi connectivity index (χ1) is 10.0. The second-order valence-electron chi connectivity index (χ2n) is 5.47. The van der Waals surface area contributed by atoms with E-state index in [1.54, 1.807) is 6.07 Å². The van der Waals surface area contributed by atoms with Crippen LogP contribution in [-0.2, 0) is 6.18 Å². The first-order valence-corrected chi connectivity index (χ1v) is 8.57. The topological polar surface area (TPSA) is 12.0 Å². The minimum absolute atomic E-state index is 0.0112. The van der Waals surface area contributed by atoms with Crippen molar-refractivity contribution < 1.29 is 13.2 Å². The Balaban J connectivity index is 2.05. The molecule has 1 N–H and O–H groups in total. The van der Waals surface area contributed by atoms with Gasteiger partial charge in [-0.1, -0.05) is 31.9 Å². The van der Waals surface area contributed by atoms with Gasteiger partial charge < -0.3 is 5.32 Å². The predicted molar refractivity (Wildman–Crippen MR) is 82.6 cm³/mol. The van der Waals surface area contributed by atoms with Crippen molar-refractivity contribution in [3.8, 4) is 0 Å². The number of thioether (sulfide) groups is 1. The molecular formula is C16H22F3NS. The number of nitrogens with one attached hydrogen (secondary N) is 1. The number of alkyl halides is 3. The molecule has 1 unspecified atom stereocenters. The van der Waals surface area contributed by atoms with E-state index in [2.05, 4.69) is 5.32 Å². The molecule has 1 aromatic rings. The summed E-state index contributed by atoms with van der Waals surface area (Å²) in [7, 11) is 0. The van der Waals surface area contributed by atoms with Gasteiger partial charge >= 0.3 is 6.18 Å². The van der Waals surface area contributed by atoms with Crippen LogP contribution in [0.25, 0.3) is 0 Å². The maximum Gasteiger partial charge on any atom is 0.416 e. The second kappa shape index (κ2) is 7.54. The van der Waals surface area contributed by atoms with Gasteiger partial charge in [-0.25, -0.2) is 0 Å². The Morgan fingerprint density at radius 1 is 1.29 bits per heavy atom. The molecule has 0 aliphatic heterocycles. The zero-order valence-electron chi connectivity index (χ0n) is 12.2. The van der Waals surface area contributed by atoms with Crippen LogP contribution in [0.5, 0.6) is 0 Å². The molecule has 0 saturated heterocycles. The fourth-order valence-corrected chi connectivity index (χ4v) is 4.18. The summed E-state index contributed by atoms with van der Waals surface area (Å²) in [6, 6.07) is 5.70. The molecule has 118 valence electrons. The monoisotopic (exact) mass is 317 g/mol. The fraction of sp³-hybridized carbons (Fsp3) is 0.625. The van der Waals surface area contributed by atoms with Crippen LogP contribution in [0.1, 0.15) is 49.8 Å². The van der Waals surface area contributed by atoms with E-state index < -0.39 is 11.7 Å².